The van der Waals surface area contributed by atoms with Gasteiger partial charge in [-0.25, -0.2) is 9.37 Å². The molecule has 1 N–H and O–H groups in total. The monoisotopic (exact) mass is 247 g/mol. The van der Waals surface area contributed by atoms with Crippen molar-refractivity contribution in [3.8, 4) is 11.4 Å². The summed E-state index contributed by atoms with van der Waals surface area (Å²) >= 11 is 6.02. The van der Waals surface area contributed by atoms with E-state index in [-0.39, 0.29) is 0 Å². The third-order valence-electron chi connectivity index (χ3n) is 2.44. The average Bonchev–Trinajstić information content (AvgIpc) is 2.74. The van der Waals surface area contributed by atoms with Gasteiger partial charge in [0, 0.05) is 11.8 Å². The minimum absolute atomic E-state index is 0.394. The van der Waals surface area contributed by atoms with Gasteiger partial charge in [-0.15, -0.1) is 0 Å². The lowest BCUT2D eigenvalue weighted by molar-refractivity contribution is 0.622. The molecule has 0 saturated heterocycles. The van der Waals surface area contributed by atoms with Gasteiger partial charge >= 0.3 is 0 Å². The molecule has 84 valence electrons. The molecule has 0 aliphatic heterocycles. The number of hydrogen-bond donors (Lipinski definition) is 1. The van der Waals surface area contributed by atoms with Gasteiger partial charge in [0.1, 0.15) is 17.2 Å². The fraction of sp³-hybridized carbons (Fsp3) is 0. The van der Waals surface area contributed by atoms with Crippen LogP contribution in [0.15, 0.2) is 36.7 Å². The van der Waals surface area contributed by atoms with Gasteiger partial charge in [0.25, 0.3) is 0 Å². The van der Waals surface area contributed by atoms with Crippen LogP contribution in [0.2, 0.25) is 5.02 Å². The molecule has 5 heteroatoms. The van der Waals surface area contributed by atoms with Crippen LogP contribution in [0.4, 0.5) is 4.39 Å². The quantitative estimate of drug-likeness (QED) is 0.716. The molecule has 0 amide bonds. The summed E-state index contributed by atoms with van der Waals surface area (Å²) in [6.07, 6.45) is 2.70. The van der Waals surface area contributed by atoms with E-state index < -0.39 is 5.82 Å². The number of aromatic amines is 1. The maximum atomic E-state index is 13.1. The maximum Gasteiger partial charge on any atom is 0.142 e. The first-order valence-electron chi connectivity index (χ1n) is 4.99. The van der Waals surface area contributed by atoms with Crippen molar-refractivity contribution >= 4 is 22.6 Å². The zero-order chi connectivity index (χ0) is 11.8. The molecule has 3 nitrogen and oxygen atoms in total. The topological polar surface area (TPSA) is 41.6 Å². The Kier molecular flexibility index (Phi) is 2.30. The first-order chi connectivity index (χ1) is 8.24. The van der Waals surface area contributed by atoms with Gasteiger partial charge in [-0.1, -0.05) is 17.7 Å². The average molecular weight is 248 g/mol. The number of para-hydroxylation sites is 1. The Labute approximate surface area is 101 Å². The highest BCUT2D eigenvalue weighted by Crippen LogP contribution is 2.25. The molecule has 2 heterocycles. The molecule has 0 aliphatic rings. The summed E-state index contributed by atoms with van der Waals surface area (Å²) < 4.78 is 13.1. The molecule has 3 rings (SSSR count). The number of nitrogens with one attached hydrogen (secondary N) is 1. The highest BCUT2D eigenvalue weighted by molar-refractivity contribution is 6.34. The fourth-order valence-electron chi connectivity index (χ4n) is 1.68. The van der Waals surface area contributed by atoms with E-state index in [9.17, 15) is 4.39 Å². The van der Waals surface area contributed by atoms with Crippen molar-refractivity contribution in [2.45, 2.75) is 0 Å². The van der Waals surface area contributed by atoms with Crippen LogP contribution in [0.1, 0.15) is 0 Å². The smallest absolute Gasteiger partial charge is 0.142 e. The number of fused-ring (bicyclic) bond motifs is 1. The maximum absolute atomic E-state index is 13.1. The number of benzene rings is 1. The van der Waals surface area contributed by atoms with Crippen molar-refractivity contribution in [1.82, 2.24) is 15.0 Å². The largest absolute Gasteiger partial charge is 0.338 e. The zero-order valence-corrected chi connectivity index (χ0v) is 9.37. The summed E-state index contributed by atoms with van der Waals surface area (Å²) in [6.45, 7) is 0. The van der Waals surface area contributed by atoms with E-state index in [1.165, 1.54) is 6.07 Å². The van der Waals surface area contributed by atoms with Gasteiger partial charge in [-0.2, -0.15) is 0 Å². The van der Waals surface area contributed by atoms with Gasteiger partial charge in [0.15, 0.2) is 0 Å². The fourth-order valence-corrected chi connectivity index (χ4v) is 1.89. The van der Waals surface area contributed by atoms with Crippen LogP contribution in [0.25, 0.3) is 22.4 Å². The van der Waals surface area contributed by atoms with E-state index in [2.05, 4.69) is 15.0 Å². The molecule has 1 aromatic carbocycles. The number of halogens is 2. The molecule has 0 aliphatic carbocycles. The van der Waals surface area contributed by atoms with Gasteiger partial charge in [0.05, 0.1) is 16.7 Å². The van der Waals surface area contributed by atoms with Crippen LogP contribution in [0.3, 0.4) is 0 Å². The SMILES string of the molecule is Fc1cncc(-c2nc3c(Cl)cccc3[nH]2)c1. The molecule has 2 aromatic heterocycles. The van der Waals surface area contributed by atoms with Crippen LogP contribution in [0, 0.1) is 5.82 Å². The molecular formula is C12H7ClFN3. The highest BCUT2D eigenvalue weighted by atomic mass is 35.5. The van der Waals surface area contributed by atoms with E-state index in [1.54, 1.807) is 12.3 Å². The molecular weight excluding hydrogens is 241 g/mol. The van der Waals surface area contributed by atoms with E-state index >= 15 is 0 Å². The number of H-pyrrole nitrogens is 1. The predicted molar refractivity (Wildman–Crippen MR) is 64.3 cm³/mol. The van der Waals surface area contributed by atoms with Gasteiger partial charge < -0.3 is 4.98 Å². The number of hydrogen-bond acceptors (Lipinski definition) is 2. The second kappa shape index (κ2) is 3.82. The summed E-state index contributed by atoms with van der Waals surface area (Å²) in [7, 11) is 0. The summed E-state index contributed by atoms with van der Waals surface area (Å²) in [5, 5.41) is 0.564. The standard InChI is InChI=1S/C12H7ClFN3/c13-9-2-1-3-10-11(9)17-12(16-10)7-4-8(14)6-15-5-7/h1-6H,(H,16,17). The normalized spacial score (nSPS) is 10.9. The number of nitrogens with zero attached hydrogens (tertiary/aromatic N) is 2. The first kappa shape index (κ1) is 10.2. The van der Waals surface area contributed by atoms with E-state index in [0.29, 0.717) is 21.9 Å². The third-order valence-corrected chi connectivity index (χ3v) is 2.75. The van der Waals surface area contributed by atoms with Gasteiger partial charge in [-0.3, -0.25) is 4.98 Å². The molecule has 0 spiro atoms. The second-order valence-corrected chi connectivity index (χ2v) is 4.02. The third kappa shape index (κ3) is 1.76. The molecule has 3 aromatic rings. The lowest BCUT2D eigenvalue weighted by atomic mass is 10.3. The van der Waals surface area contributed by atoms with E-state index in [4.69, 9.17) is 11.6 Å². The van der Waals surface area contributed by atoms with Crippen LogP contribution in [-0.2, 0) is 0 Å². The molecule has 0 atom stereocenters. The van der Waals surface area contributed by atoms with Crippen molar-refractivity contribution in [2.24, 2.45) is 0 Å². The van der Waals surface area contributed by atoms with Crippen molar-refractivity contribution in [1.29, 1.82) is 0 Å². The van der Waals surface area contributed by atoms with Gasteiger partial charge in [-0.05, 0) is 18.2 Å². The Morgan fingerprint density at radius 2 is 2.12 bits per heavy atom. The van der Waals surface area contributed by atoms with Crippen molar-refractivity contribution < 1.29 is 4.39 Å². The molecule has 0 unspecified atom stereocenters. The Bertz CT molecular complexity index is 693. The number of pyridine rings is 1. The second-order valence-electron chi connectivity index (χ2n) is 3.61. The van der Waals surface area contributed by atoms with Crippen LogP contribution in [0.5, 0.6) is 0 Å². The summed E-state index contributed by atoms with van der Waals surface area (Å²) in [5.41, 5.74) is 2.09. The Hall–Kier alpha value is -1.94. The molecule has 17 heavy (non-hydrogen) atoms. The number of imidazole rings is 1. The summed E-state index contributed by atoms with van der Waals surface area (Å²) in [5.74, 6) is 0.161. The van der Waals surface area contributed by atoms with Crippen molar-refractivity contribution in [3.05, 3.63) is 47.5 Å². The Morgan fingerprint density at radius 3 is 2.88 bits per heavy atom. The van der Waals surface area contributed by atoms with E-state index in [1.807, 2.05) is 12.1 Å². The van der Waals surface area contributed by atoms with E-state index in [0.717, 1.165) is 11.7 Å². The summed E-state index contributed by atoms with van der Waals surface area (Å²) in [6, 6.07) is 6.83. The van der Waals surface area contributed by atoms with Crippen molar-refractivity contribution in [3.63, 3.8) is 0 Å². The lowest BCUT2D eigenvalue weighted by Crippen LogP contribution is -1.84. The first-order valence-corrected chi connectivity index (χ1v) is 5.37. The molecule has 0 fully saturated rings. The predicted octanol–water partition coefficient (Wildman–Crippen LogP) is 3.42. The summed E-state index contributed by atoms with van der Waals surface area (Å²) in [4.78, 5) is 11.2. The Balaban J connectivity index is 2.22. The lowest BCUT2D eigenvalue weighted by Gasteiger charge is -1.94. The minimum atomic E-state index is -0.394. The number of rotatable bonds is 1. The van der Waals surface area contributed by atoms with Gasteiger partial charge in [0.2, 0.25) is 0 Å². The highest BCUT2D eigenvalue weighted by Gasteiger charge is 2.08. The number of aromatic nitrogens is 3. The van der Waals surface area contributed by atoms with Crippen LogP contribution in [-0.4, -0.2) is 15.0 Å². The van der Waals surface area contributed by atoms with Crippen LogP contribution < -0.4 is 0 Å². The molecule has 0 radical (unpaired) electrons. The van der Waals surface area contributed by atoms with Crippen molar-refractivity contribution in [2.75, 3.05) is 0 Å². The molecule has 0 saturated carbocycles. The van der Waals surface area contributed by atoms with Crippen LogP contribution >= 0.6 is 11.6 Å². The minimum Gasteiger partial charge on any atom is -0.338 e. The Morgan fingerprint density at radius 1 is 1.24 bits per heavy atom. The zero-order valence-electron chi connectivity index (χ0n) is 8.61. The molecule has 0 bridgehead atoms.